The normalized spacial score (nSPS) is 13.8. The van der Waals surface area contributed by atoms with Crippen molar-refractivity contribution in [3.63, 3.8) is 0 Å². The highest BCUT2D eigenvalue weighted by atomic mass is 16.2. The molecule has 3 aromatic heterocycles. The Morgan fingerprint density at radius 3 is 1.98 bits per heavy atom. The minimum absolute atomic E-state index is 0.132. The lowest BCUT2D eigenvalue weighted by Crippen LogP contribution is -2.27. The third-order valence-corrected chi connectivity index (χ3v) is 10.2. The maximum absolute atomic E-state index is 14.2. The number of nitrogens with zero attached hydrogens (tertiary/aromatic N) is 3. The Hall–Kier alpha value is -5.94. The highest BCUT2D eigenvalue weighted by molar-refractivity contribution is 6.12. The van der Waals surface area contributed by atoms with Crippen LogP contribution in [0.3, 0.4) is 0 Å². The molecule has 10 rings (SSSR count). The second-order valence-corrected chi connectivity index (χ2v) is 12.9. The summed E-state index contributed by atoms with van der Waals surface area (Å²) >= 11 is 0. The smallest absolute Gasteiger partial charge is 0.309 e. The summed E-state index contributed by atoms with van der Waals surface area (Å²) in [5, 5.41) is 4.66. The van der Waals surface area contributed by atoms with Gasteiger partial charge in [-0.25, -0.2) is 9.20 Å². The van der Waals surface area contributed by atoms with Gasteiger partial charge in [-0.05, 0) is 76.2 Å². The third-order valence-electron chi connectivity index (χ3n) is 10.2. The quantitative estimate of drug-likeness (QED) is 0.189. The van der Waals surface area contributed by atoms with E-state index in [1.165, 1.54) is 37.4 Å². The Labute approximate surface area is 263 Å². The van der Waals surface area contributed by atoms with Crippen LogP contribution in [0.2, 0.25) is 0 Å². The first-order chi connectivity index (χ1) is 22.4. The third kappa shape index (κ3) is 3.04. The fourth-order valence-corrected chi connectivity index (χ4v) is 8.14. The Morgan fingerprint density at radius 1 is 0.478 bits per heavy atom. The van der Waals surface area contributed by atoms with Crippen molar-refractivity contribution in [3.8, 4) is 22.5 Å². The molecule has 6 aromatic carbocycles. The minimum Gasteiger partial charge on any atom is -0.309 e. The highest BCUT2D eigenvalue weighted by Gasteiger charge is 2.36. The van der Waals surface area contributed by atoms with Gasteiger partial charge in [-0.3, -0.25) is 9.36 Å². The van der Waals surface area contributed by atoms with Crippen molar-refractivity contribution in [1.82, 2.24) is 13.5 Å². The zero-order valence-corrected chi connectivity index (χ0v) is 25.3. The largest absolute Gasteiger partial charge is 0.340 e. The number of rotatable bonds is 2. The molecule has 1 aliphatic carbocycles. The first kappa shape index (κ1) is 25.4. The van der Waals surface area contributed by atoms with Crippen molar-refractivity contribution in [1.29, 1.82) is 0 Å². The van der Waals surface area contributed by atoms with Crippen LogP contribution in [0.4, 0.5) is 0 Å². The van der Waals surface area contributed by atoms with E-state index in [1.54, 1.807) is 10.6 Å². The lowest BCUT2D eigenvalue weighted by atomic mass is 9.82. The Morgan fingerprint density at radius 2 is 1.13 bits per heavy atom. The molecule has 0 spiro atoms. The number of imidazole rings is 1. The van der Waals surface area contributed by atoms with E-state index < -0.39 is 0 Å². The van der Waals surface area contributed by atoms with Gasteiger partial charge in [0.15, 0.2) is 0 Å². The fraction of sp³-hybridized carbons (Fsp3) is 0.0732. The van der Waals surface area contributed by atoms with E-state index >= 15 is 0 Å². The number of hydrogen-bond acceptors (Lipinski definition) is 2. The van der Waals surface area contributed by atoms with Crippen molar-refractivity contribution in [2.45, 2.75) is 19.3 Å². The predicted molar refractivity (Wildman–Crippen MR) is 187 cm³/mol. The van der Waals surface area contributed by atoms with Gasteiger partial charge in [0.05, 0.1) is 27.8 Å². The molecule has 0 unspecified atom stereocenters. The summed E-state index contributed by atoms with van der Waals surface area (Å²) in [6.07, 6.45) is 0. The molecule has 5 heteroatoms. The lowest BCUT2D eigenvalue weighted by molar-refractivity contribution is 0.661. The maximum Gasteiger partial charge on any atom is 0.340 e. The molecule has 0 atom stereocenters. The van der Waals surface area contributed by atoms with Crippen LogP contribution in [0, 0.1) is 0 Å². The number of hydrogen-bond donors (Lipinski definition) is 0. The van der Waals surface area contributed by atoms with E-state index in [4.69, 9.17) is 0 Å². The van der Waals surface area contributed by atoms with E-state index in [2.05, 4.69) is 91.2 Å². The van der Waals surface area contributed by atoms with Gasteiger partial charge >= 0.3 is 5.69 Å². The zero-order valence-electron chi connectivity index (χ0n) is 25.3. The molecule has 46 heavy (non-hydrogen) atoms. The van der Waals surface area contributed by atoms with Crippen molar-refractivity contribution in [2.24, 2.45) is 0 Å². The minimum atomic E-state index is -0.362. The van der Waals surface area contributed by atoms with Gasteiger partial charge in [0, 0.05) is 32.6 Å². The van der Waals surface area contributed by atoms with Crippen molar-refractivity contribution >= 4 is 49.0 Å². The van der Waals surface area contributed by atoms with E-state index in [-0.39, 0.29) is 16.7 Å². The zero-order chi connectivity index (χ0) is 30.9. The standard InChI is InChI=1S/C41H27N3O2/c1-41(2)33-18-7-5-14-27(33)31-22-32-28-15-6-8-19-35(28)42(37(32)23-34(31)41)24-11-9-12-25(21-24)43-36-20-10-17-29-26-13-3-4-16-30(26)39(45)44(38(29)36)40(43)46/h3-23H,1-2H3. The van der Waals surface area contributed by atoms with E-state index in [0.717, 1.165) is 27.5 Å². The van der Waals surface area contributed by atoms with Crippen LogP contribution in [-0.2, 0) is 5.41 Å². The molecular weight excluding hydrogens is 566 g/mol. The van der Waals surface area contributed by atoms with Crippen molar-refractivity contribution < 1.29 is 0 Å². The maximum atomic E-state index is 14.2. The van der Waals surface area contributed by atoms with Crippen LogP contribution in [0.15, 0.2) is 137 Å². The number of pyridine rings is 1. The van der Waals surface area contributed by atoms with Gasteiger partial charge in [-0.2, -0.15) is 0 Å². The summed E-state index contributed by atoms with van der Waals surface area (Å²) < 4.78 is 5.32. The van der Waals surface area contributed by atoms with Crippen molar-refractivity contribution in [3.05, 3.63) is 159 Å². The van der Waals surface area contributed by atoms with Gasteiger partial charge in [0.2, 0.25) is 0 Å². The van der Waals surface area contributed by atoms with Gasteiger partial charge in [-0.15, -0.1) is 0 Å². The molecule has 0 radical (unpaired) electrons. The number of aromatic nitrogens is 3. The van der Waals surface area contributed by atoms with Crippen LogP contribution in [-0.4, -0.2) is 13.5 Å². The molecule has 0 fully saturated rings. The number of fused-ring (bicyclic) bond motifs is 8. The second kappa shape index (κ2) is 8.61. The van der Waals surface area contributed by atoms with Crippen LogP contribution in [0.25, 0.3) is 71.5 Å². The summed E-state index contributed by atoms with van der Waals surface area (Å²) in [4.78, 5) is 27.8. The molecule has 0 aliphatic heterocycles. The van der Waals surface area contributed by atoms with Crippen LogP contribution < -0.4 is 11.2 Å². The first-order valence-electron chi connectivity index (χ1n) is 15.6. The number of para-hydroxylation sites is 2. The topological polar surface area (TPSA) is 48.4 Å². The van der Waals surface area contributed by atoms with Gasteiger partial charge in [0.25, 0.3) is 5.56 Å². The lowest BCUT2D eigenvalue weighted by Gasteiger charge is -2.21. The first-order valence-corrected chi connectivity index (χ1v) is 15.6. The van der Waals surface area contributed by atoms with Crippen LogP contribution in [0.5, 0.6) is 0 Å². The molecular formula is C41H27N3O2. The average molecular weight is 594 g/mol. The molecule has 0 bridgehead atoms. The van der Waals surface area contributed by atoms with Crippen LogP contribution in [0.1, 0.15) is 25.0 Å². The Kier molecular flexibility index (Phi) is 4.75. The average Bonchev–Trinajstić information content (AvgIpc) is 3.66. The predicted octanol–water partition coefficient (Wildman–Crippen LogP) is 8.60. The van der Waals surface area contributed by atoms with E-state index in [9.17, 15) is 9.59 Å². The summed E-state index contributed by atoms with van der Waals surface area (Å²) in [5.74, 6) is 0. The number of benzene rings is 6. The highest BCUT2D eigenvalue weighted by Crippen LogP contribution is 2.51. The van der Waals surface area contributed by atoms with E-state index in [1.807, 2.05) is 48.5 Å². The molecule has 1 aliphatic rings. The molecule has 9 aromatic rings. The molecule has 0 amide bonds. The Balaban J connectivity index is 1.26. The molecule has 218 valence electrons. The molecule has 3 heterocycles. The second-order valence-electron chi connectivity index (χ2n) is 12.9. The monoisotopic (exact) mass is 593 g/mol. The van der Waals surface area contributed by atoms with Gasteiger partial charge < -0.3 is 4.57 Å². The van der Waals surface area contributed by atoms with Crippen molar-refractivity contribution in [2.75, 3.05) is 0 Å². The summed E-state index contributed by atoms with van der Waals surface area (Å²) in [7, 11) is 0. The molecule has 5 nitrogen and oxygen atoms in total. The summed E-state index contributed by atoms with van der Waals surface area (Å²) in [5.41, 5.74) is 9.70. The van der Waals surface area contributed by atoms with Gasteiger partial charge in [-0.1, -0.05) is 92.7 Å². The SMILES string of the molecule is CC1(C)c2ccccc2-c2cc3c4ccccc4n(-c4cccc(-n5c(=O)n6c(=O)c7ccccc7c7cccc5c76)c4)c3cc21. The van der Waals surface area contributed by atoms with E-state index in [0.29, 0.717) is 22.1 Å². The summed E-state index contributed by atoms with van der Waals surface area (Å²) in [6, 6.07) is 43.5. The molecule has 0 N–H and O–H groups in total. The Bertz CT molecular complexity index is 2880. The van der Waals surface area contributed by atoms with Crippen LogP contribution >= 0.6 is 0 Å². The molecule has 0 saturated heterocycles. The summed E-state index contributed by atoms with van der Waals surface area (Å²) in [6.45, 7) is 4.61. The van der Waals surface area contributed by atoms with Gasteiger partial charge in [0.1, 0.15) is 0 Å². The molecule has 0 saturated carbocycles. The fourth-order valence-electron chi connectivity index (χ4n) is 8.14.